The van der Waals surface area contributed by atoms with Gasteiger partial charge < -0.3 is 15.0 Å². The number of aromatic nitrogens is 2. The van der Waals surface area contributed by atoms with Crippen LogP contribution >= 0.6 is 23.1 Å². The number of alkyl halides is 2. The van der Waals surface area contributed by atoms with Crippen LogP contribution in [0.1, 0.15) is 0 Å². The van der Waals surface area contributed by atoms with E-state index in [9.17, 15) is 22.8 Å². The predicted molar refractivity (Wildman–Crippen MR) is 118 cm³/mol. The number of fused-ring (bicyclic) bond motifs is 1. The van der Waals surface area contributed by atoms with E-state index in [1.165, 1.54) is 41.7 Å². The number of anilines is 1. The monoisotopic (exact) mass is 477 g/mol. The zero-order valence-electron chi connectivity index (χ0n) is 16.1. The Kier molecular flexibility index (Phi) is 6.47. The van der Waals surface area contributed by atoms with E-state index in [0.717, 1.165) is 11.8 Å². The summed E-state index contributed by atoms with van der Waals surface area (Å²) in [5.41, 5.74) is 1.06. The van der Waals surface area contributed by atoms with Crippen molar-refractivity contribution in [2.45, 2.75) is 11.8 Å². The molecule has 32 heavy (non-hydrogen) atoms. The van der Waals surface area contributed by atoms with Gasteiger partial charge in [0, 0.05) is 10.9 Å². The summed E-state index contributed by atoms with van der Waals surface area (Å²) in [7, 11) is 0. The van der Waals surface area contributed by atoms with E-state index >= 15 is 0 Å². The third-order valence-corrected chi connectivity index (χ3v) is 6.04. The van der Waals surface area contributed by atoms with Crippen molar-refractivity contribution in [2.75, 3.05) is 11.1 Å². The summed E-state index contributed by atoms with van der Waals surface area (Å²) in [4.78, 5) is 32.4. The van der Waals surface area contributed by atoms with Crippen molar-refractivity contribution in [1.82, 2.24) is 9.97 Å². The molecule has 4 rings (SSSR count). The fraction of sp³-hybridized carbons (Fsp3) is 0.0952. The van der Waals surface area contributed by atoms with Gasteiger partial charge >= 0.3 is 6.61 Å². The summed E-state index contributed by atoms with van der Waals surface area (Å²) in [6.07, 6.45) is 0. The molecular formula is C21H14F3N3O3S2. The molecule has 0 saturated heterocycles. The highest BCUT2D eigenvalue weighted by atomic mass is 32.2. The quantitative estimate of drug-likeness (QED) is 0.285. The maximum Gasteiger partial charge on any atom is 0.387 e. The first kappa shape index (κ1) is 21.9. The van der Waals surface area contributed by atoms with Crippen LogP contribution in [-0.4, -0.2) is 28.2 Å². The molecule has 164 valence electrons. The average molecular weight is 477 g/mol. The maximum absolute atomic E-state index is 13.2. The second kappa shape index (κ2) is 9.45. The van der Waals surface area contributed by atoms with Crippen LogP contribution in [0.4, 0.5) is 18.9 Å². The van der Waals surface area contributed by atoms with Gasteiger partial charge in [0.2, 0.25) is 5.91 Å². The highest BCUT2D eigenvalue weighted by Gasteiger charge is 2.15. The average Bonchev–Trinajstić information content (AvgIpc) is 3.18. The van der Waals surface area contributed by atoms with Crippen LogP contribution in [0.3, 0.4) is 0 Å². The van der Waals surface area contributed by atoms with E-state index in [1.54, 1.807) is 23.6 Å². The number of carbonyl (C=O) groups excluding carboxylic acids is 1. The number of thiophene rings is 1. The summed E-state index contributed by atoms with van der Waals surface area (Å²) in [5.74, 6) is -1.13. The van der Waals surface area contributed by atoms with Crippen LogP contribution < -0.4 is 15.6 Å². The number of hydrogen-bond acceptors (Lipinski definition) is 6. The minimum Gasteiger partial charge on any atom is -0.433 e. The van der Waals surface area contributed by atoms with Crippen LogP contribution in [0.5, 0.6) is 5.75 Å². The molecule has 2 heterocycles. The highest BCUT2D eigenvalue weighted by Crippen LogP contribution is 2.32. The van der Waals surface area contributed by atoms with Gasteiger partial charge in [0.25, 0.3) is 5.56 Å². The number of rotatable bonds is 7. The van der Waals surface area contributed by atoms with Crippen LogP contribution in [0.2, 0.25) is 0 Å². The first-order valence-electron chi connectivity index (χ1n) is 9.14. The molecule has 0 atom stereocenters. The second-order valence-corrected chi connectivity index (χ2v) is 8.24. The molecular weight excluding hydrogens is 463 g/mol. The molecule has 0 aliphatic carbocycles. The van der Waals surface area contributed by atoms with Gasteiger partial charge in [-0.1, -0.05) is 36.0 Å². The molecule has 2 N–H and O–H groups in total. The van der Waals surface area contributed by atoms with E-state index in [4.69, 9.17) is 0 Å². The molecule has 0 spiro atoms. The molecule has 0 radical (unpaired) electrons. The van der Waals surface area contributed by atoms with Crippen molar-refractivity contribution in [3.8, 4) is 16.9 Å². The number of aromatic amines is 1. The van der Waals surface area contributed by atoms with Gasteiger partial charge in [0.05, 0.1) is 16.8 Å². The molecule has 6 nitrogen and oxygen atoms in total. The Balaban J connectivity index is 1.48. The highest BCUT2D eigenvalue weighted by molar-refractivity contribution is 7.99. The number of ether oxygens (including phenoxy) is 1. The molecule has 0 saturated carbocycles. The van der Waals surface area contributed by atoms with Crippen molar-refractivity contribution in [2.24, 2.45) is 0 Å². The number of amides is 1. The van der Waals surface area contributed by atoms with Crippen molar-refractivity contribution in [1.29, 1.82) is 0 Å². The summed E-state index contributed by atoms with van der Waals surface area (Å²) < 4.78 is 42.6. The third kappa shape index (κ3) is 4.94. The lowest BCUT2D eigenvalue weighted by molar-refractivity contribution is -0.113. The molecule has 1 amide bonds. The fourth-order valence-corrected chi connectivity index (χ4v) is 4.59. The largest absolute Gasteiger partial charge is 0.433 e. The Morgan fingerprint density at radius 1 is 1.19 bits per heavy atom. The normalized spacial score (nSPS) is 11.1. The number of hydrogen-bond donors (Lipinski definition) is 2. The standard InChI is InChI=1S/C21H14F3N3O3S2/c22-12-7-5-11(6-8-12)13-9-31-19-17(13)18(29)26-21(27-19)32-10-16(28)25-14-3-1-2-4-15(14)30-20(23)24/h1-9,20H,10H2,(H,25,28)(H,26,27,29). The first-order chi connectivity index (χ1) is 15.4. The van der Waals surface area contributed by atoms with Crippen molar-refractivity contribution < 1.29 is 22.7 Å². The Labute approximate surface area is 187 Å². The van der Waals surface area contributed by atoms with E-state index in [0.29, 0.717) is 21.3 Å². The number of nitrogens with zero attached hydrogens (tertiary/aromatic N) is 1. The molecule has 0 bridgehead atoms. The third-order valence-electron chi connectivity index (χ3n) is 4.29. The molecule has 11 heteroatoms. The summed E-state index contributed by atoms with van der Waals surface area (Å²) >= 11 is 2.25. The number of benzene rings is 2. The minimum absolute atomic E-state index is 0.109. The maximum atomic E-state index is 13.2. The van der Waals surface area contributed by atoms with Gasteiger partial charge in [0.15, 0.2) is 5.16 Å². The summed E-state index contributed by atoms with van der Waals surface area (Å²) in [6.45, 7) is -3.02. The number of thioether (sulfide) groups is 1. The van der Waals surface area contributed by atoms with Crippen molar-refractivity contribution in [3.63, 3.8) is 0 Å². The zero-order chi connectivity index (χ0) is 22.7. The molecule has 0 fully saturated rings. The van der Waals surface area contributed by atoms with Crippen LogP contribution in [0.15, 0.2) is 63.9 Å². The first-order valence-corrected chi connectivity index (χ1v) is 11.0. The lowest BCUT2D eigenvalue weighted by Crippen LogP contribution is -2.16. The lowest BCUT2D eigenvalue weighted by Gasteiger charge is -2.11. The number of nitrogens with one attached hydrogen (secondary N) is 2. The second-order valence-electron chi connectivity index (χ2n) is 6.42. The lowest BCUT2D eigenvalue weighted by atomic mass is 10.1. The molecule has 0 unspecified atom stereocenters. The molecule has 0 aliphatic rings. The van der Waals surface area contributed by atoms with Gasteiger partial charge in [-0.3, -0.25) is 9.59 Å². The SMILES string of the molecule is O=C(CSc1nc2scc(-c3ccc(F)cc3)c2c(=O)[nH]1)Nc1ccccc1OC(F)F. The van der Waals surface area contributed by atoms with E-state index in [1.807, 2.05) is 0 Å². The Bertz CT molecular complexity index is 1320. The van der Waals surface area contributed by atoms with Gasteiger partial charge in [0.1, 0.15) is 16.4 Å². The molecule has 2 aromatic carbocycles. The smallest absolute Gasteiger partial charge is 0.387 e. The number of para-hydroxylation sites is 2. The number of H-pyrrole nitrogens is 1. The topological polar surface area (TPSA) is 84.1 Å². The number of halogens is 3. The van der Waals surface area contributed by atoms with Gasteiger partial charge in [-0.15, -0.1) is 11.3 Å². The fourth-order valence-electron chi connectivity index (χ4n) is 2.93. The number of carbonyl (C=O) groups is 1. The van der Waals surface area contributed by atoms with Gasteiger partial charge in [-0.2, -0.15) is 8.78 Å². The van der Waals surface area contributed by atoms with Crippen molar-refractivity contribution in [3.05, 3.63) is 70.1 Å². The predicted octanol–water partition coefficient (Wildman–Crippen LogP) is 5.12. The zero-order valence-corrected chi connectivity index (χ0v) is 17.7. The molecule has 0 aliphatic heterocycles. The molecule has 4 aromatic rings. The van der Waals surface area contributed by atoms with E-state index < -0.39 is 12.5 Å². The van der Waals surface area contributed by atoms with Crippen LogP contribution in [0.25, 0.3) is 21.3 Å². The van der Waals surface area contributed by atoms with Crippen molar-refractivity contribution >= 4 is 44.9 Å². The Morgan fingerprint density at radius 3 is 2.69 bits per heavy atom. The van der Waals surface area contributed by atoms with Crippen LogP contribution in [-0.2, 0) is 4.79 Å². The van der Waals surface area contributed by atoms with E-state index in [2.05, 4.69) is 20.0 Å². The summed E-state index contributed by atoms with van der Waals surface area (Å²) in [5, 5.41) is 4.89. The Morgan fingerprint density at radius 2 is 1.94 bits per heavy atom. The molecule has 2 aromatic heterocycles. The van der Waals surface area contributed by atoms with Gasteiger partial charge in [-0.05, 0) is 29.8 Å². The van der Waals surface area contributed by atoms with Crippen LogP contribution in [0, 0.1) is 5.82 Å². The van der Waals surface area contributed by atoms with E-state index in [-0.39, 0.29) is 33.7 Å². The minimum atomic E-state index is -3.02. The summed E-state index contributed by atoms with van der Waals surface area (Å²) in [6, 6.07) is 11.6. The van der Waals surface area contributed by atoms with Gasteiger partial charge in [-0.25, -0.2) is 9.37 Å². The Hall–Kier alpha value is -3.31.